The van der Waals surface area contributed by atoms with Crippen LogP contribution in [-0.2, 0) is 5.54 Å². The Bertz CT molecular complexity index is 1300. The number of aromatic nitrogens is 1. The molecule has 152 valence electrons. The molecule has 0 radical (unpaired) electrons. The van der Waals surface area contributed by atoms with Crippen molar-refractivity contribution in [1.82, 2.24) is 4.57 Å². The van der Waals surface area contributed by atoms with Gasteiger partial charge in [-0.25, -0.2) is 0 Å². The second kappa shape index (κ2) is 6.48. The van der Waals surface area contributed by atoms with Crippen molar-refractivity contribution in [3.8, 4) is 5.88 Å². The molecule has 0 spiro atoms. The molecular formula is C20H17N5O5. The third-order valence-corrected chi connectivity index (χ3v) is 5.13. The van der Waals surface area contributed by atoms with E-state index in [4.69, 9.17) is 0 Å². The summed E-state index contributed by atoms with van der Waals surface area (Å²) in [5.41, 5.74) is 1.36. The molecular weight excluding hydrogens is 390 g/mol. The number of allylic oxidation sites excluding steroid dienone is 2. The molecule has 0 atom stereocenters. The first-order chi connectivity index (χ1) is 14.1. The van der Waals surface area contributed by atoms with Gasteiger partial charge in [0.05, 0.1) is 27.0 Å². The highest BCUT2D eigenvalue weighted by atomic mass is 16.6. The van der Waals surface area contributed by atoms with Gasteiger partial charge in [0.15, 0.2) is 11.4 Å². The van der Waals surface area contributed by atoms with Crippen LogP contribution in [0.3, 0.4) is 0 Å². The zero-order chi connectivity index (χ0) is 21.8. The van der Waals surface area contributed by atoms with E-state index in [-0.39, 0.29) is 17.3 Å². The maximum Gasteiger partial charge on any atom is 0.303 e. The van der Waals surface area contributed by atoms with Crippen molar-refractivity contribution in [3.05, 3.63) is 68.3 Å². The minimum atomic E-state index is -0.757. The number of aromatic hydroxyl groups is 1. The SMILES string of the molecule is CC1=CC(C)(C)n2c(O)c(N=Nc3ccc([N+](=O)[O-])cc3[N+](=O)[O-])c3cccc1c32. The Morgan fingerprint density at radius 1 is 1.07 bits per heavy atom. The average Bonchev–Trinajstić information content (AvgIpc) is 2.97. The van der Waals surface area contributed by atoms with Crippen LogP contribution in [0.5, 0.6) is 5.88 Å². The van der Waals surface area contributed by atoms with Crippen molar-refractivity contribution in [3.63, 3.8) is 0 Å². The Kier molecular flexibility index (Phi) is 4.15. The Morgan fingerprint density at radius 2 is 1.80 bits per heavy atom. The third kappa shape index (κ3) is 2.81. The second-order valence-electron chi connectivity index (χ2n) is 7.58. The number of non-ortho nitro benzene ring substituents is 1. The molecule has 0 amide bonds. The molecule has 3 aromatic rings. The summed E-state index contributed by atoms with van der Waals surface area (Å²) < 4.78 is 1.75. The minimum Gasteiger partial charge on any atom is -0.493 e. The number of nitro groups is 2. The van der Waals surface area contributed by atoms with Crippen molar-refractivity contribution < 1.29 is 15.0 Å². The van der Waals surface area contributed by atoms with E-state index in [1.807, 2.05) is 39.0 Å². The number of benzene rings is 2. The van der Waals surface area contributed by atoms with Crippen LogP contribution < -0.4 is 0 Å². The van der Waals surface area contributed by atoms with E-state index in [9.17, 15) is 25.3 Å². The van der Waals surface area contributed by atoms with Gasteiger partial charge in [0.2, 0.25) is 5.88 Å². The van der Waals surface area contributed by atoms with Gasteiger partial charge >= 0.3 is 5.69 Å². The van der Waals surface area contributed by atoms with Crippen molar-refractivity contribution in [2.24, 2.45) is 10.2 Å². The summed E-state index contributed by atoms with van der Waals surface area (Å²) in [5, 5.41) is 41.9. The minimum absolute atomic E-state index is 0.112. The molecule has 2 aromatic carbocycles. The quantitative estimate of drug-likeness (QED) is 0.334. The lowest BCUT2D eigenvalue weighted by atomic mass is 9.92. The third-order valence-electron chi connectivity index (χ3n) is 5.13. The van der Waals surface area contributed by atoms with E-state index in [1.54, 1.807) is 10.6 Å². The maximum absolute atomic E-state index is 11.3. The van der Waals surface area contributed by atoms with Gasteiger partial charge in [-0.15, -0.1) is 10.2 Å². The number of hydrogen-bond acceptors (Lipinski definition) is 7. The summed E-state index contributed by atoms with van der Waals surface area (Å²) in [4.78, 5) is 20.8. The number of nitrogens with zero attached hydrogens (tertiary/aromatic N) is 5. The first kappa shape index (κ1) is 19.2. The van der Waals surface area contributed by atoms with Gasteiger partial charge in [0.1, 0.15) is 0 Å². The van der Waals surface area contributed by atoms with Crippen LogP contribution in [-0.4, -0.2) is 19.5 Å². The molecule has 0 unspecified atom stereocenters. The predicted molar refractivity (Wildman–Crippen MR) is 111 cm³/mol. The number of nitro benzene ring substituents is 2. The molecule has 0 aliphatic carbocycles. The van der Waals surface area contributed by atoms with Gasteiger partial charge in [0, 0.05) is 17.0 Å². The Labute approximate surface area is 170 Å². The first-order valence-corrected chi connectivity index (χ1v) is 9.03. The molecule has 10 heteroatoms. The molecule has 0 bridgehead atoms. The van der Waals surface area contributed by atoms with E-state index >= 15 is 0 Å². The van der Waals surface area contributed by atoms with E-state index in [2.05, 4.69) is 10.2 Å². The standard InChI is InChI=1S/C20H17N5O5/c1-11-10-20(2,3)23-18-13(11)5-4-6-14(18)17(19(23)26)22-21-15-8-7-12(24(27)28)9-16(15)25(29)30/h4-10,26H,1-3H3. The first-order valence-electron chi connectivity index (χ1n) is 9.03. The van der Waals surface area contributed by atoms with Crippen LogP contribution >= 0.6 is 0 Å². The van der Waals surface area contributed by atoms with Crippen LogP contribution in [0.2, 0.25) is 0 Å². The lowest BCUT2D eigenvalue weighted by molar-refractivity contribution is -0.393. The molecule has 2 heterocycles. The van der Waals surface area contributed by atoms with Crippen molar-refractivity contribution in [1.29, 1.82) is 0 Å². The highest BCUT2D eigenvalue weighted by Gasteiger charge is 2.32. The smallest absolute Gasteiger partial charge is 0.303 e. The molecule has 0 saturated heterocycles. The summed E-state index contributed by atoms with van der Waals surface area (Å²) in [6, 6.07) is 8.69. The average molecular weight is 407 g/mol. The highest BCUT2D eigenvalue weighted by Crippen LogP contribution is 2.48. The number of hydrogen-bond donors (Lipinski definition) is 1. The van der Waals surface area contributed by atoms with Crippen LogP contribution in [0.4, 0.5) is 22.7 Å². The van der Waals surface area contributed by atoms with Gasteiger partial charge in [-0.1, -0.05) is 24.3 Å². The fraction of sp³-hybridized carbons (Fsp3) is 0.200. The summed E-state index contributed by atoms with van der Waals surface area (Å²) >= 11 is 0. The zero-order valence-corrected chi connectivity index (χ0v) is 16.4. The Balaban J connectivity index is 1.90. The summed E-state index contributed by atoms with van der Waals surface area (Å²) in [7, 11) is 0. The van der Waals surface area contributed by atoms with E-state index in [0.29, 0.717) is 5.39 Å². The summed E-state index contributed by atoms with van der Waals surface area (Å²) in [5.74, 6) is -0.112. The van der Waals surface area contributed by atoms with Crippen LogP contribution in [0.1, 0.15) is 26.3 Å². The van der Waals surface area contributed by atoms with Crippen molar-refractivity contribution in [2.45, 2.75) is 26.3 Å². The maximum atomic E-state index is 11.3. The van der Waals surface area contributed by atoms with Gasteiger partial charge in [0.25, 0.3) is 5.69 Å². The molecule has 0 saturated carbocycles. The van der Waals surface area contributed by atoms with Gasteiger partial charge < -0.3 is 9.67 Å². The monoisotopic (exact) mass is 407 g/mol. The number of para-hydroxylation sites is 1. The fourth-order valence-electron chi connectivity index (χ4n) is 3.92. The van der Waals surface area contributed by atoms with Gasteiger partial charge in [-0.2, -0.15) is 0 Å². The van der Waals surface area contributed by atoms with Crippen molar-refractivity contribution in [2.75, 3.05) is 0 Å². The van der Waals surface area contributed by atoms with E-state index in [1.165, 1.54) is 0 Å². The van der Waals surface area contributed by atoms with E-state index in [0.717, 1.165) is 34.9 Å². The molecule has 4 rings (SSSR count). The normalized spacial score (nSPS) is 14.8. The molecule has 1 aromatic heterocycles. The molecule has 1 aliphatic rings. The highest BCUT2D eigenvalue weighted by molar-refractivity contribution is 6.02. The van der Waals surface area contributed by atoms with Crippen LogP contribution in [0.25, 0.3) is 16.5 Å². The predicted octanol–water partition coefficient (Wildman–Crippen LogP) is 5.73. The molecule has 0 fully saturated rings. The molecule has 10 nitrogen and oxygen atoms in total. The lowest BCUT2D eigenvalue weighted by Crippen LogP contribution is -2.26. The topological polar surface area (TPSA) is 136 Å². The zero-order valence-electron chi connectivity index (χ0n) is 16.4. The summed E-state index contributed by atoms with van der Waals surface area (Å²) in [6.07, 6.45) is 2.04. The van der Waals surface area contributed by atoms with Crippen LogP contribution in [0.15, 0.2) is 52.7 Å². The second-order valence-corrected chi connectivity index (χ2v) is 7.58. The largest absolute Gasteiger partial charge is 0.493 e. The molecule has 1 aliphatic heterocycles. The Morgan fingerprint density at radius 3 is 2.47 bits per heavy atom. The van der Waals surface area contributed by atoms with Gasteiger partial charge in [-0.05, 0) is 32.4 Å². The molecule has 30 heavy (non-hydrogen) atoms. The summed E-state index contributed by atoms with van der Waals surface area (Å²) in [6.45, 7) is 5.90. The number of azo groups is 1. The fourth-order valence-corrected chi connectivity index (χ4v) is 3.92. The van der Waals surface area contributed by atoms with Gasteiger partial charge in [-0.3, -0.25) is 20.2 Å². The van der Waals surface area contributed by atoms with Crippen LogP contribution in [0, 0.1) is 20.2 Å². The lowest BCUT2D eigenvalue weighted by Gasteiger charge is -2.30. The number of rotatable bonds is 4. The van der Waals surface area contributed by atoms with E-state index < -0.39 is 26.8 Å². The van der Waals surface area contributed by atoms with Crippen molar-refractivity contribution >= 4 is 39.2 Å². The Hall–Kier alpha value is -4.08. The molecule has 1 N–H and O–H groups in total.